The van der Waals surface area contributed by atoms with Gasteiger partial charge in [-0.3, -0.25) is 10.3 Å². The number of pyridine rings is 1. The fraction of sp³-hybridized carbons (Fsp3) is 0. The first kappa shape index (κ1) is 12.0. The number of thiazole rings is 1. The minimum absolute atomic E-state index is 0.00190. The monoisotopic (exact) mass is 264 g/mol. The molecule has 2 aromatic heterocycles. The van der Waals surface area contributed by atoms with Crippen molar-refractivity contribution in [2.24, 2.45) is 0 Å². The Bertz CT molecular complexity index is 570. The van der Waals surface area contributed by atoms with Crippen LogP contribution in [0.2, 0.25) is 0 Å². The third-order valence-corrected chi connectivity index (χ3v) is 2.58. The van der Waals surface area contributed by atoms with Crippen LogP contribution in [-0.2, 0) is 0 Å². The molecule has 0 bridgehead atoms. The third-order valence-electron chi connectivity index (χ3n) is 1.90. The molecule has 0 saturated carbocycles. The highest BCUT2D eigenvalue weighted by atomic mass is 32.1. The summed E-state index contributed by atoms with van der Waals surface area (Å²) in [5.74, 6) is -1.11. The van der Waals surface area contributed by atoms with Crippen LogP contribution in [0.3, 0.4) is 0 Å². The number of carbonyl (C=O) groups is 2. The van der Waals surface area contributed by atoms with E-state index in [1.165, 1.54) is 29.8 Å². The molecule has 18 heavy (non-hydrogen) atoms. The molecule has 7 nitrogen and oxygen atoms in total. The summed E-state index contributed by atoms with van der Waals surface area (Å²) in [6.45, 7) is 0. The first-order valence-electron chi connectivity index (χ1n) is 4.81. The first-order chi connectivity index (χ1) is 8.65. The largest absolute Gasteiger partial charge is 0.478 e. The van der Waals surface area contributed by atoms with Crippen molar-refractivity contribution in [1.29, 1.82) is 0 Å². The van der Waals surface area contributed by atoms with E-state index in [-0.39, 0.29) is 5.56 Å². The molecule has 0 aliphatic heterocycles. The average molecular weight is 264 g/mol. The Morgan fingerprint density at radius 3 is 2.78 bits per heavy atom. The number of nitrogens with zero attached hydrogens (tertiary/aromatic N) is 2. The van der Waals surface area contributed by atoms with E-state index in [2.05, 4.69) is 20.6 Å². The average Bonchev–Trinajstić information content (AvgIpc) is 2.82. The van der Waals surface area contributed by atoms with Gasteiger partial charge in [-0.05, 0) is 6.07 Å². The number of hydrogen-bond donors (Lipinski definition) is 3. The Morgan fingerprint density at radius 2 is 2.11 bits per heavy atom. The lowest BCUT2D eigenvalue weighted by Gasteiger charge is -2.05. The van der Waals surface area contributed by atoms with Crippen LogP contribution >= 0.6 is 11.3 Å². The van der Waals surface area contributed by atoms with Crippen molar-refractivity contribution in [3.63, 3.8) is 0 Å². The van der Waals surface area contributed by atoms with Crippen molar-refractivity contribution in [3.8, 4) is 0 Å². The summed E-state index contributed by atoms with van der Waals surface area (Å²) < 4.78 is 0. The Balaban J connectivity index is 2.03. The number of anilines is 2. The topological polar surface area (TPSA) is 104 Å². The van der Waals surface area contributed by atoms with E-state index in [9.17, 15) is 9.59 Å². The number of carbonyl (C=O) groups excluding carboxylic acids is 1. The molecule has 0 spiro atoms. The van der Waals surface area contributed by atoms with E-state index in [1.807, 2.05) is 0 Å². The van der Waals surface area contributed by atoms with Gasteiger partial charge in [0.05, 0.1) is 17.4 Å². The number of urea groups is 1. The fourth-order valence-corrected chi connectivity index (χ4v) is 1.69. The van der Waals surface area contributed by atoms with Crippen LogP contribution in [0.1, 0.15) is 10.4 Å². The minimum atomic E-state index is -1.11. The van der Waals surface area contributed by atoms with Gasteiger partial charge in [0.15, 0.2) is 5.13 Å². The zero-order valence-electron chi connectivity index (χ0n) is 8.95. The molecule has 0 unspecified atom stereocenters. The second kappa shape index (κ2) is 5.23. The first-order valence-corrected chi connectivity index (χ1v) is 5.69. The molecule has 0 aliphatic carbocycles. The molecular formula is C10H8N4O3S. The van der Waals surface area contributed by atoms with Crippen molar-refractivity contribution < 1.29 is 14.7 Å². The summed E-state index contributed by atoms with van der Waals surface area (Å²) in [6, 6.07) is 0.811. The van der Waals surface area contributed by atoms with Gasteiger partial charge in [-0.25, -0.2) is 14.6 Å². The van der Waals surface area contributed by atoms with Crippen LogP contribution in [0, 0.1) is 0 Å². The summed E-state index contributed by atoms with van der Waals surface area (Å²) in [4.78, 5) is 29.8. The summed E-state index contributed by atoms with van der Waals surface area (Å²) >= 11 is 1.28. The summed E-state index contributed by atoms with van der Waals surface area (Å²) in [7, 11) is 0. The molecule has 2 aromatic rings. The van der Waals surface area contributed by atoms with E-state index >= 15 is 0 Å². The maximum atomic E-state index is 11.5. The summed E-state index contributed by atoms with van der Waals surface area (Å²) in [5.41, 5.74) is 0.297. The number of aromatic carboxylic acids is 1. The zero-order chi connectivity index (χ0) is 13.0. The van der Waals surface area contributed by atoms with E-state index in [1.54, 1.807) is 11.6 Å². The van der Waals surface area contributed by atoms with Gasteiger partial charge in [0.2, 0.25) is 0 Å². The van der Waals surface area contributed by atoms with Gasteiger partial charge in [0.25, 0.3) is 0 Å². The van der Waals surface area contributed by atoms with Crippen molar-refractivity contribution in [1.82, 2.24) is 9.97 Å². The number of aromatic nitrogens is 2. The van der Waals surface area contributed by atoms with Crippen LogP contribution in [0.25, 0.3) is 0 Å². The van der Waals surface area contributed by atoms with Gasteiger partial charge < -0.3 is 10.4 Å². The SMILES string of the molecule is O=C(Nc1cncc(C(=O)O)c1)Nc1nccs1. The lowest BCUT2D eigenvalue weighted by molar-refractivity contribution is 0.0696. The molecule has 0 aromatic carbocycles. The number of carboxylic acid groups (broad SMARTS) is 1. The predicted octanol–water partition coefficient (Wildman–Crippen LogP) is 1.88. The quantitative estimate of drug-likeness (QED) is 0.785. The highest BCUT2D eigenvalue weighted by molar-refractivity contribution is 7.13. The Kier molecular flexibility index (Phi) is 3.49. The molecule has 0 fully saturated rings. The molecule has 0 atom stereocenters. The maximum absolute atomic E-state index is 11.5. The lowest BCUT2D eigenvalue weighted by Crippen LogP contribution is -2.19. The minimum Gasteiger partial charge on any atom is -0.478 e. The summed E-state index contributed by atoms with van der Waals surface area (Å²) in [5, 5.41) is 15.9. The van der Waals surface area contributed by atoms with Crippen LogP contribution in [0.15, 0.2) is 30.0 Å². The smallest absolute Gasteiger partial charge is 0.337 e. The molecule has 2 amide bonds. The second-order valence-electron chi connectivity index (χ2n) is 3.18. The zero-order valence-corrected chi connectivity index (χ0v) is 9.77. The van der Waals surface area contributed by atoms with E-state index in [0.717, 1.165) is 0 Å². The molecule has 2 rings (SSSR count). The van der Waals surface area contributed by atoms with Crippen molar-refractivity contribution in [2.45, 2.75) is 0 Å². The van der Waals surface area contributed by atoms with E-state index in [0.29, 0.717) is 10.8 Å². The maximum Gasteiger partial charge on any atom is 0.337 e. The molecule has 2 heterocycles. The lowest BCUT2D eigenvalue weighted by atomic mass is 10.3. The standard InChI is InChI=1S/C10H8N4O3S/c15-8(16)6-3-7(5-11-4-6)13-9(17)14-10-12-1-2-18-10/h1-5H,(H,15,16)(H2,12,13,14,17). The number of rotatable bonds is 3. The Labute approximate surface area is 106 Å². The van der Waals surface area contributed by atoms with Crippen molar-refractivity contribution in [2.75, 3.05) is 10.6 Å². The Morgan fingerprint density at radius 1 is 1.28 bits per heavy atom. The van der Waals surface area contributed by atoms with Gasteiger partial charge in [-0.15, -0.1) is 11.3 Å². The van der Waals surface area contributed by atoms with Crippen molar-refractivity contribution >= 4 is 34.2 Å². The van der Waals surface area contributed by atoms with Crippen LogP contribution < -0.4 is 10.6 Å². The molecule has 0 radical (unpaired) electrons. The van der Waals surface area contributed by atoms with E-state index in [4.69, 9.17) is 5.11 Å². The van der Waals surface area contributed by atoms with Gasteiger partial charge in [-0.2, -0.15) is 0 Å². The highest BCUT2D eigenvalue weighted by Gasteiger charge is 2.07. The van der Waals surface area contributed by atoms with Crippen LogP contribution in [0.4, 0.5) is 15.6 Å². The van der Waals surface area contributed by atoms with Gasteiger partial charge in [0, 0.05) is 17.8 Å². The molecular weight excluding hydrogens is 256 g/mol. The predicted molar refractivity (Wildman–Crippen MR) is 66.0 cm³/mol. The number of carboxylic acids is 1. The van der Waals surface area contributed by atoms with Crippen LogP contribution in [-0.4, -0.2) is 27.1 Å². The second-order valence-corrected chi connectivity index (χ2v) is 4.08. The van der Waals surface area contributed by atoms with Crippen LogP contribution in [0.5, 0.6) is 0 Å². The molecule has 92 valence electrons. The number of nitrogens with one attached hydrogen (secondary N) is 2. The number of amides is 2. The normalized spacial score (nSPS) is 9.78. The van der Waals surface area contributed by atoms with Crippen molar-refractivity contribution in [3.05, 3.63) is 35.6 Å². The summed E-state index contributed by atoms with van der Waals surface area (Å²) in [6.07, 6.45) is 4.12. The molecule has 8 heteroatoms. The van der Waals surface area contributed by atoms with Gasteiger partial charge >= 0.3 is 12.0 Å². The number of hydrogen-bond acceptors (Lipinski definition) is 5. The highest BCUT2D eigenvalue weighted by Crippen LogP contribution is 2.12. The molecule has 0 aliphatic rings. The van der Waals surface area contributed by atoms with Gasteiger partial charge in [0.1, 0.15) is 0 Å². The Hall–Kier alpha value is -2.48. The molecule has 3 N–H and O–H groups in total. The van der Waals surface area contributed by atoms with E-state index < -0.39 is 12.0 Å². The third kappa shape index (κ3) is 3.01. The fourth-order valence-electron chi connectivity index (χ4n) is 1.17. The van der Waals surface area contributed by atoms with Gasteiger partial charge in [-0.1, -0.05) is 0 Å². The molecule has 0 saturated heterocycles.